The second-order valence-corrected chi connectivity index (χ2v) is 5.42. The molecule has 2 N–H and O–H groups in total. The van der Waals surface area contributed by atoms with Crippen LogP contribution in [0.4, 0.5) is 0 Å². The third-order valence-corrected chi connectivity index (χ3v) is 3.41. The van der Waals surface area contributed by atoms with E-state index in [1.54, 1.807) is 18.5 Å². The Kier molecular flexibility index (Phi) is 4.93. The number of benzene rings is 1. The lowest BCUT2D eigenvalue weighted by Gasteiger charge is -2.09. The van der Waals surface area contributed by atoms with Gasteiger partial charge in [0.2, 0.25) is 5.91 Å². The summed E-state index contributed by atoms with van der Waals surface area (Å²) in [5.41, 5.74) is 3.27. The molecular formula is C17H21N3O. The highest BCUT2D eigenvalue weighted by atomic mass is 16.1. The molecule has 1 amide bonds. The third-order valence-electron chi connectivity index (χ3n) is 3.41. The standard InChI is InChI=1S/C17H21N3O/c1-12(2)15-7-4-14(5-8-15)6-9-17(21)20-13(3)16-10-18-19-11-16/h4-13H,1-3H3,(H,18,19)(H,20,21)/b9-6+. The molecule has 0 aliphatic heterocycles. The lowest BCUT2D eigenvalue weighted by atomic mass is 10.0. The van der Waals surface area contributed by atoms with Crippen LogP contribution < -0.4 is 5.32 Å². The summed E-state index contributed by atoms with van der Waals surface area (Å²) < 4.78 is 0. The third kappa shape index (κ3) is 4.31. The van der Waals surface area contributed by atoms with Crippen molar-refractivity contribution in [2.75, 3.05) is 0 Å². The van der Waals surface area contributed by atoms with Crippen LogP contribution in [-0.2, 0) is 4.79 Å². The van der Waals surface area contributed by atoms with Gasteiger partial charge in [-0.2, -0.15) is 5.10 Å². The van der Waals surface area contributed by atoms with Crippen LogP contribution in [0.25, 0.3) is 6.08 Å². The van der Waals surface area contributed by atoms with Gasteiger partial charge in [0.1, 0.15) is 0 Å². The van der Waals surface area contributed by atoms with Crippen molar-refractivity contribution in [1.82, 2.24) is 15.5 Å². The van der Waals surface area contributed by atoms with Crippen LogP contribution in [0.2, 0.25) is 0 Å². The van der Waals surface area contributed by atoms with Gasteiger partial charge in [0, 0.05) is 17.8 Å². The van der Waals surface area contributed by atoms with Gasteiger partial charge in [0.15, 0.2) is 0 Å². The van der Waals surface area contributed by atoms with Crippen LogP contribution in [0.3, 0.4) is 0 Å². The van der Waals surface area contributed by atoms with E-state index in [9.17, 15) is 4.79 Å². The molecule has 1 heterocycles. The minimum atomic E-state index is -0.114. The van der Waals surface area contributed by atoms with Gasteiger partial charge < -0.3 is 5.32 Å². The number of hydrogen-bond acceptors (Lipinski definition) is 2. The number of aromatic amines is 1. The number of nitrogens with zero attached hydrogens (tertiary/aromatic N) is 1. The monoisotopic (exact) mass is 283 g/mol. The molecular weight excluding hydrogens is 262 g/mol. The molecule has 0 aliphatic carbocycles. The van der Waals surface area contributed by atoms with Crippen LogP contribution in [0, 0.1) is 0 Å². The molecule has 21 heavy (non-hydrogen) atoms. The molecule has 4 nitrogen and oxygen atoms in total. The lowest BCUT2D eigenvalue weighted by Crippen LogP contribution is -2.24. The molecule has 0 saturated carbocycles. The van der Waals surface area contributed by atoms with Crippen molar-refractivity contribution >= 4 is 12.0 Å². The Morgan fingerprint density at radius 2 is 1.90 bits per heavy atom. The van der Waals surface area contributed by atoms with Crippen LogP contribution in [-0.4, -0.2) is 16.1 Å². The quantitative estimate of drug-likeness (QED) is 0.826. The number of nitrogens with one attached hydrogen (secondary N) is 2. The molecule has 1 atom stereocenters. The van der Waals surface area contributed by atoms with E-state index in [1.807, 2.05) is 25.1 Å². The average molecular weight is 283 g/mol. The molecule has 0 aliphatic rings. The van der Waals surface area contributed by atoms with E-state index in [2.05, 4.69) is 41.5 Å². The predicted molar refractivity (Wildman–Crippen MR) is 84.7 cm³/mol. The first-order valence-corrected chi connectivity index (χ1v) is 7.13. The van der Waals surface area contributed by atoms with E-state index >= 15 is 0 Å². The predicted octanol–water partition coefficient (Wildman–Crippen LogP) is 3.42. The van der Waals surface area contributed by atoms with Gasteiger partial charge >= 0.3 is 0 Å². The molecule has 2 aromatic rings. The fraction of sp³-hybridized carbons (Fsp3) is 0.294. The van der Waals surface area contributed by atoms with E-state index < -0.39 is 0 Å². The molecule has 0 bridgehead atoms. The molecule has 4 heteroatoms. The van der Waals surface area contributed by atoms with E-state index in [-0.39, 0.29) is 11.9 Å². The zero-order valence-corrected chi connectivity index (χ0v) is 12.6. The number of hydrogen-bond donors (Lipinski definition) is 2. The van der Waals surface area contributed by atoms with Crippen molar-refractivity contribution in [1.29, 1.82) is 0 Å². The molecule has 0 spiro atoms. The van der Waals surface area contributed by atoms with Gasteiger partial charge in [-0.1, -0.05) is 38.1 Å². The maximum Gasteiger partial charge on any atom is 0.244 e. The highest BCUT2D eigenvalue weighted by Crippen LogP contribution is 2.15. The van der Waals surface area contributed by atoms with Gasteiger partial charge in [0.05, 0.1) is 12.2 Å². The second kappa shape index (κ2) is 6.88. The van der Waals surface area contributed by atoms with Gasteiger partial charge in [0.25, 0.3) is 0 Å². The molecule has 0 fully saturated rings. The molecule has 0 radical (unpaired) electrons. The summed E-state index contributed by atoms with van der Waals surface area (Å²) in [5, 5.41) is 9.51. The van der Waals surface area contributed by atoms with Crippen molar-refractivity contribution in [3.8, 4) is 0 Å². The van der Waals surface area contributed by atoms with E-state index in [1.165, 1.54) is 5.56 Å². The number of carbonyl (C=O) groups is 1. The van der Waals surface area contributed by atoms with Crippen molar-refractivity contribution in [3.63, 3.8) is 0 Å². The number of H-pyrrole nitrogens is 1. The Hall–Kier alpha value is -2.36. The molecule has 110 valence electrons. The SMILES string of the molecule is CC(C)c1ccc(/C=C/C(=O)NC(C)c2cn[nH]c2)cc1. The lowest BCUT2D eigenvalue weighted by molar-refractivity contribution is -0.117. The Labute approximate surface area is 125 Å². The summed E-state index contributed by atoms with van der Waals surface area (Å²) in [6, 6.07) is 8.17. The Bertz CT molecular complexity index is 597. The van der Waals surface area contributed by atoms with Gasteiger partial charge in [-0.3, -0.25) is 9.89 Å². The van der Waals surface area contributed by atoms with Crippen molar-refractivity contribution in [2.24, 2.45) is 0 Å². The Morgan fingerprint density at radius 1 is 1.19 bits per heavy atom. The summed E-state index contributed by atoms with van der Waals surface area (Å²) in [4.78, 5) is 11.9. The van der Waals surface area contributed by atoms with E-state index in [0.717, 1.165) is 11.1 Å². The highest BCUT2D eigenvalue weighted by molar-refractivity contribution is 5.91. The summed E-state index contributed by atoms with van der Waals surface area (Å²) in [6.45, 7) is 6.25. The largest absolute Gasteiger partial charge is 0.346 e. The summed E-state index contributed by atoms with van der Waals surface area (Å²) in [7, 11) is 0. The van der Waals surface area contributed by atoms with E-state index in [4.69, 9.17) is 0 Å². The van der Waals surface area contributed by atoms with Crippen LogP contribution in [0.1, 0.15) is 49.4 Å². The first kappa shape index (κ1) is 15.0. The van der Waals surface area contributed by atoms with Crippen molar-refractivity contribution in [3.05, 3.63) is 59.4 Å². The van der Waals surface area contributed by atoms with Crippen molar-refractivity contribution < 1.29 is 4.79 Å². The molecule has 1 aromatic carbocycles. The number of carbonyl (C=O) groups excluding carboxylic acids is 1. The molecule has 1 unspecified atom stereocenters. The average Bonchev–Trinajstić information content (AvgIpc) is 3.00. The Morgan fingerprint density at radius 3 is 2.48 bits per heavy atom. The summed E-state index contributed by atoms with van der Waals surface area (Å²) in [6.07, 6.45) is 6.86. The minimum Gasteiger partial charge on any atom is -0.346 e. The van der Waals surface area contributed by atoms with Crippen LogP contribution in [0.5, 0.6) is 0 Å². The summed E-state index contributed by atoms with van der Waals surface area (Å²) >= 11 is 0. The molecule has 2 rings (SSSR count). The first-order chi connectivity index (χ1) is 10.1. The van der Waals surface area contributed by atoms with Gasteiger partial charge in [-0.25, -0.2) is 0 Å². The van der Waals surface area contributed by atoms with Crippen LogP contribution >= 0.6 is 0 Å². The second-order valence-electron chi connectivity index (χ2n) is 5.42. The Balaban J connectivity index is 1.92. The number of rotatable bonds is 5. The number of aromatic nitrogens is 2. The van der Waals surface area contributed by atoms with E-state index in [0.29, 0.717) is 5.92 Å². The minimum absolute atomic E-state index is 0.0655. The number of amides is 1. The topological polar surface area (TPSA) is 57.8 Å². The molecule has 1 aromatic heterocycles. The zero-order valence-electron chi connectivity index (χ0n) is 12.6. The fourth-order valence-corrected chi connectivity index (χ4v) is 2.01. The maximum atomic E-state index is 11.9. The normalized spacial score (nSPS) is 12.8. The smallest absolute Gasteiger partial charge is 0.244 e. The first-order valence-electron chi connectivity index (χ1n) is 7.13. The zero-order chi connectivity index (χ0) is 15.2. The maximum absolute atomic E-state index is 11.9. The fourth-order valence-electron chi connectivity index (χ4n) is 2.01. The van der Waals surface area contributed by atoms with Crippen LogP contribution in [0.15, 0.2) is 42.7 Å². The van der Waals surface area contributed by atoms with Gasteiger partial charge in [-0.05, 0) is 30.0 Å². The van der Waals surface area contributed by atoms with Crippen molar-refractivity contribution in [2.45, 2.75) is 32.7 Å². The summed E-state index contributed by atoms with van der Waals surface area (Å²) in [5.74, 6) is 0.402. The van der Waals surface area contributed by atoms with Gasteiger partial charge in [-0.15, -0.1) is 0 Å². The highest BCUT2D eigenvalue weighted by Gasteiger charge is 2.07. The molecule has 0 saturated heterocycles.